The summed E-state index contributed by atoms with van der Waals surface area (Å²) in [6.07, 6.45) is 4.50. The van der Waals surface area contributed by atoms with Crippen LogP contribution in [0.3, 0.4) is 0 Å². The number of pyridine rings is 4. The van der Waals surface area contributed by atoms with Crippen molar-refractivity contribution in [2.24, 2.45) is 0 Å². The van der Waals surface area contributed by atoms with E-state index in [0.29, 0.717) is 11.3 Å². The number of hydrogen-bond acceptors (Lipinski definition) is 0. The van der Waals surface area contributed by atoms with E-state index in [1.54, 1.807) is 6.07 Å². The third kappa shape index (κ3) is 8.46. The van der Waals surface area contributed by atoms with E-state index in [9.17, 15) is 4.39 Å². The lowest BCUT2D eigenvalue weighted by molar-refractivity contribution is -0.671. The normalized spacial score (nSPS) is 12.6. The van der Waals surface area contributed by atoms with Gasteiger partial charge in [0.1, 0.15) is 5.82 Å². The Morgan fingerprint density at radius 1 is 0.390 bits per heavy atom. The number of aryl methyl sites for hydroxylation is 5. The summed E-state index contributed by atoms with van der Waals surface area (Å²) in [6.45, 7) is 19.2. The molecule has 0 saturated heterocycles. The Balaban J connectivity index is 0.0000000981. The van der Waals surface area contributed by atoms with Crippen molar-refractivity contribution in [2.75, 3.05) is 0 Å². The van der Waals surface area contributed by atoms with Crippen LogP contribution in [0, 0.1) is 40.4 Å². The van der Waals surface area contributed by atoms with E-state index >= 15 is 0 Å². The fourth-order valence-corrected chi connectivity index (χ4v) is 12.5. The SMILES string of the molecule is Cc1c[n+]2c(c3ccccc13)-c1ccc(C(C)C)cc1C2.Cc1cc2c(cc1C)-c1ccc3ccccc3[n+]1C2.Cc1ccc2c(c1)-c1ccc3c(F)cccc3[n+]1C2.Cc1ccc2c3[n+](ccc2c1)Cc1ccccc1-3. The summed E-state index contributed by atoms with van der Waals surface area (Å²) < 4.78 is 23.2. The third-order valence-corrected chi connectivity index (χ3v) is 16.6. The van der Waals surface area contributed by atoms with Gasteiger partial charge in [0.05, 0.1) is 38.4 Å². The van der Waals surface area contributed by atoms with E-state index in [0.717, 1.165) is 31.7 Å². The first-order chi connectivity index (χ1) is 37.4. The number of para-hydroxylation sites is 1. The molecule has 0 spiro atoms. The molecule has 12 aromatic rings. The minimum atomic E-state index is -0.153. The Morgan fingerprint density at radius 3 is 1.87 bits per heavy atom. The number of nitrogens with zero attached hydrogens (tertiary/aromatic N) is 4. The largest absolute Gasteiger partial charge is 0.221 e. The van der Waals surface area contributed by atoms with Gasteiger partial charge in [0.2, 0.25) is 33.8 Å². The maximum atomic E-state index is 13.8. The summed E-state index contributed by atoms with van der Waals surface area (Å²) in [5.74, 6) is 0.433. The van der Waals surface area contributed by atoms with Crippen molar-refractivity contribution < 1.29 is 22.7 Å². The molecule has 16 rings (SSSR count). The highest BCUT2D eigenvalue weighted by molar-refractivity contribution is 5.96. The number of hydrogen-bond donors (Lipinski definition) is 0. The topological polar surface area (TPSA) is 15.5 Å². The molecule has 0 radical (unpaired) electrons. The van der Waals surface area contributed by atoms with Gasteiger partial charge in [-0.1, -0.05) is 110 Å². The van der Waals surface area contributed by atoms with E-state index in [-0.39, 0.29) is 5.82 Å². The number of benzene rings is 8. The zero-order chi connectivity index (χ0) is 52.6. The van der Waals surface area contributed by atoms with Crippen LogP contribution in [-0.2, 0) is 26.2 Å². The molecule has 0 N–H and O–H groups in total. The van der Waals surface area contributed by atoms with Crippen LogP contribution in [0.25, 0.3) is 88.4 Å². The maximum Gasteiger partial charge on any atom is 0.221 e. The van der Waals surface area contributed by atoms with Crippen molar-refractivity contribution in [3.63, 3.8) is 0 Å². The fourth-order valence-electron chi connectivity index (χ4n) is 12.5. The van der Waals surface area contributed by atoms with Gasteiger partial charge >= 0.3 is 0 Å². The second-order valence-corrected chi connectivity index (χ2v) is 22.0. The molecule has 0 aliphatic carbocycles. The second kappa shape index (κ2) is 19.2. The standard InChI is InChI=1S/C20H20N.C18H16N.C17H13FN.C17H14N/c1-13(2)15-8-9-18-16(10-15)12-21-11-14(3)17-6-4-5-7-19(17)20(18)21;1-12-9-15-11-19-17-6-4-3-5-14(17)7-8-18(19)16(15)10-13(12)2;1-11-5-6-12-10-19-16-4-2-3-15(18)13(16)7-8-17(19)14(12)9-11;1-12-6-7-16-13(10-12)8-9-18-11-14-4-2-3-5-15(14)17(16)18/h4-11,13H,12H2,1-3H3;3-10H,11H2,1-2H3;2-9H,10H2,1H3;2-10H,11H2,1H3/q4*+1. The molecule has 0 fully saturated rings. The van der Waals surface area contributed by atoms with Gasteiger partial charge in [-0.25, -0.2) is 4.39 Å². The van der Waals surface area contributed by atoms with Crippen molar-refractivity contribution in [3.8, 4) is 45.0 Å². The molecule has 77 heavy (non-hydrogen) atoms. The maximum absolute atomic E-state index is 13.8. The quantitative estimate of drug-likeness (QED) is 0.146. The van der Waals surface area contributed by atoms with Gasteiger partial charge in [0.25, 0.3) is 0 Å². The summed E-state index contributed by atoms with van der Waals surface area (Å²) in [4.78, 5) is 0. The monoisotopic (exact) mass is 1000 g/mol. The molecule has 4 aromatic heterocycles. The highest BCUT2D eigenvalue weighted by Gasteiger charge is 2.32. The van der Waals surface area contributed by atoms with Crippen LogP contribution in [0.2, 0.25) is 0 Å². The molecule has 0 unspecified atom stereocenters. The molecule has 0 atom stereocenters. The molecule has 4 aliphatic rings. The predicted octanol–water partition coefficient (Wildman–Crippen LogP) is 15.4. The van der Waals surface area contributed by atoms with Crippen molar-refractivity contribution in [1.29, 1.82) is 0 Å². The van der Waals surface area contributed by atoms with E-state index < -0.39 is 0 Å². The van der Waals surface area contributed by atoms with E-state index in [2.05, 4.69) is 237 Å². The van der Waals surface area contributed by atoms with Gasteiger partial charge in [0.15, 0.2) is 38.6 Å². The average molecular weight is 1000 g/mol. The van der Waals surface area contributed by atoms with Crippen LogP contribution < -0.4 is 18.3 Å². The smallest absolute Gasteiger partial charge is 0.206 e. The molecule has 0 saturated carbocycles. The Labute approximate surface area is 451 Å². The summed E-state index contributed by atoms with van der Waals surface area (Å²) in [6, 6.07) is 66.8. The minimum Gasteiger partial charge on any atom is -0.206 e. The molecule has 0 bridgehead atoms. The number of fused-ring (bicyclic) bond motifs is 20. The van der Waals surface area contributed by atoms with E-state index in [1.165, 1.54) is 139 Å². The van der Waals surface area contributed by atoms with Crippen molar-refractivity contribution in [3.05, 3.63) is 262 Å². The minimum absolute atomic E-state index is 0.153. The summed E-state index contributed by atoms with van der Waals surface area (Å²) in [7, 11) is 0. The highest BCUT2D eigenvalue weighted by atomic mass is 19.1. The van der Waals surface area contributed by atoms with Gasteiger partial charge < -0.3 is 0 Å². The Kier molecular flexibility index (Phi) is 11.9. The lowest BCUT2D eigenvalue weighted by Gasteiger charge is -2.06. The Hall–Kier alpha value is -8.67. The first-order valence-corrected chi connectivity index (χ1v) is 27.2. The zero-order valence-corrected chi connectivity index (χ0v) is 45.1. The first-order valence-electron chi connectivity index (χ1n) is 27.2. The molecular formula is C72H63FN4+4. The van der Waals surface area contributed by atoms with E-state index in [1.807, 2.05) is 18.2 Å². The van der Waals surface area contributed by atoms with Crippen LogP contribution >= 0.6 is 0 Å². The van der Waals surface area contributed by atoms with Crippen molar-refractivity contribution >= 4 is 43.4 Å². The Morgan fingerprint density at radius 2 is 1.01 bits per heavy atom. The molecule has 4 nitrogen and oxygen atoms in total. The summed E-state index contributed by atoms with van der Waals surface area (Å²) in [5.41, 5.74) is 26.7. The van der Waals surface area contributed by atoms with Crippen molar-refractivity contribution in [2.45, 2.75) is 80.6 Å². The third-order valence-electron chi connectivity index (χ3n) is 16.6. The van der Waals surface area contributed by atoms with Gasteiger partial charge in [-0.15, -0.1) is 0 Å². The molecule has 8 heterocycles. The van der Waals surface area contributed by atoms with Crippen LogP contribution in [-0.4, -0.2) is 0 Å². The van der Waals surface area contributed by atoms with E-state index in [4.69, 9.17) is 0 Å². The average Bonchev–Trinajstić information content (AvgIpc) is 4.23. The molecular weight excluding hydrogens is 940 g/mol. The van der Waals surface area contributed by atoms with Gasteiger partial charge in [0, 0.05) is 63.5 Å². The van der Waals surface area contributed by atoms with Crippen LogP contribution in [0.5, 0.6) is 0 Å². The Bertz CT molecular complexity index is 4390. The molecule has 8 aromatic carbocycles. The first kappa shape index (κ1) is 48.0. The molecule has 5 heteroatoms. The predicted molar refractivity (Wildman–Crippen MR) is 312 cm³/mol. The van der Waals surface area contributed by atoms with Crippen LogP contribution in [0.15, 0.2) is 200 Å². The lowest BCUT2D eigenvalue weighted by atomic mass is 9.96. The highest BCUT2D eigenvalue weighted by Crippen LogP contribution is 2.37. The second-order valence-electron chi connectivity index (χ2n) is 22.0. The van der Waals surface area contributed by atoms with Gasteiger partial charge in [-0.2, -0.15) is 18.3 Å². The number of halogens is 1. The van der Waals surface area contributed by atoms with Gasteiger partial charge in [-0.3, -0.25) is 0 Å². The van der Waals surface area contributed by atoms with Crippen LogP contribution in [0.1, 0.15) is 75.4 Å². The number of rotatable bonds is 1. The van der Waals surface area contributed by atoms with Crippen LogP contribution in [0.4, 0.5) is 4.39 Å². The van der Waals surface area contributed by atoms with Crippen molar-refractivity contribution in [1.82, 2.24) is 0 Å². The number of aromatic nitrogens is 4. The zero-order valence-electron chi connectivity index (χ0n) is 45.1. The summed E-state index contributed by atoms with van der Waals surface area (Å²) in [5, 5.41) is 7.42. The van der Waals surface area contributed by atoms with Gasteiger partial charge in [-0.05, 0) is 141 Å². The molecule has 374 valence electrons. The molecule has 0 amide bonds. The molecule has 4 aliphatic heterocycles. The fraction of sp³-hybridized carbons (Fsp3) is 0.167. The lowest BCUT2D eigenvalue weighted by Crippen LogP contribution is -2.33. The summed E-state index contributed by atoms with van der Waals surface area (Å²) >= 11 is 0.